The zero-order valence-corrected chi connectivity index (χ0v) is 15.8. The highest BCUT2D eigenvalue weighted by Crippen LogP contribution is 2.36. The Kier molecular flexibility index (Phi) is 5.58. The van der Waals surface area contributed by atoms with Gasteiger partial charge >= 0.3 is 0 Å². The average Bonchev–Trinajstić information content (AvgIpc) is 2.77. The van der Waals surface area contributed by atoms with Crippen molar-refractivity contribution in [2.24, 2.45) is 0 Å². The van der Waals surface area contributed by atoms with Gasteiger partial charge in [0, 0.05) is 31.5 Å². The van der Waals surface area contributed by atoms with Gasteiger partial charge in [-0.3, -0.25) is 9.59 Å². The summed E-state index contributed by atoms with van der Waals surface area (Å²) in [6.45, 7) is 7.88. The average molecular weight is 384 g/mol. The van der Waals surface area contributed by atoms with Crippen LogP contribution >= 0.6 is 15.9 Å². The van der Waals surface area contributed by atoms with Gasteiger partial charge in [-0.2, -0.15) is 0 Å². The fraction of sp³-hybridized carbons (Fsp3) is 0.500. The van der Waals surface area contributed by atoms with Crippen molar-refractivity contribution < 1.29 is 14.3 Å². The maximum absolute atomic E-state index is 12.2. The summed E-state index contributed by atoms with van der Waals surface area (Å²) in [5, 5.41) is 3.10. The van der Waals surface area contributed by atoms with Crippen LogP contribution in [-0.4, -0.2) is 38.3 Å². The van der Waals surface area contributed by atoms with Crippen LogP contribution in [0.2, 0.25) is 25.7 Å². The summed E-state index contributed by atoms with van der Waals surface area (Å²) in [5.74, 6) is -0.492. The second kappa shape index (κ2) is 7.06. The number of fused-ring (bicyclic) bond motifs is 1. The third kappa shape index (κ3) is 4.06. The molecule has 1 amide bonds. The number of rotatable bonds is 7. The van der Waals surface area contributed by atoms with Crippen molar-refractivity contribution in [3.8, 4) is 0 Å². The van der Waals surface area contributed by atoms with Gasteiger partial charge in [0.15, 0.2) is 5.78 Å². The van der Waals surface area contributed by atoms with Crippen LogP contribution in [0.5, 0.6) is 0 Å². The first-order chi connectivity index (χ1) is 10.3. The largest absolute Gasteiger partial charge is 0.381 e. The summed E-state index contributed by atoms with van der Waals surface area (Å²) in [7, 11) is -1.14. The minimum absolute atomic E-state index is 0.0135. The minimum Gasteiger partial charge on any atom is -0.381 e. The third-order valence-corrected chi connectivity index (χ3v) is 5.95. The van der Waals surface area contributed by atoms with Crippen LogP contribution in [0.1, 0.15) is 21.8 Å². The van der Waals surface area contributed by atoms with Crippen molar-refractivity contribution in [2.45, 2.75) is 31.6 Å². The number of ketones is 1. The second-order valence-electron chi connectivity index (χ2n) is 6.75. The van der Waals surface area contributed by atoms with E-state index >= 15 is 0 Å². The summed E-state index contributed by atoms with van der Waals surface area (Å²) in [6.07, 6.45) is 0. The number of carbonyl (C=O) groups is 2. The van der Waals surface area contributed by atoms with Gasteiger partial charge in [0.05, 0.1) is 17.9 Å². The highest BCUT2D eigenvalue weighted by atomic mass is 79.9. The molecule has 1 unspecified atom stereocenters. The number of alkyl halides is 1. The maximum Gasteiger partial charge on any atom is 0.234 e. The number of ether oxygens (including phenoxy) is 1. The molecule has 1 atom stereocenters. The molecule has 2 rings (SSSR count). The van der Waals surface area contributed by atoms with Crippen molar-refractivity contribution in [1.29, 1.82) is 0 Å². The summed E-state index contributed by atoms with van der Waals surface area (Å²) >= 11 is 3.20. The molecule has 1 aromatic rings. The molecular weight excluding hydrogens is 362 g/mol. The normalized spacial score (nSPS) is 17.3. The van der Waals surface area contributed by atoms with Crippen LogP contribution < -0.4 is 5.32 Å². The Bertz CT molecular complexity index is 583. The lowest BCUT2D eigenvalue weighted by atomic mass is 9.94. The van der Waals surface area contributed by atoms with Gasteiger partial charge in [-0.1, -0.05) is 47.7 Å². The Morgan fingerprint density at radius 1 is 1.36 bits per heavy atom. The van der Waals surface area contributed by atoms with Crippen LogP contribution in [0.25, 0.3) is 0 Å². The van der Waals surface area contributed by atoms with Gasteiger partial charge in [-0.25, -0.2) is 0 Å². The smallest absolute Gasteiger partial charge is 0.234 e. The number of anilines is 1. The number of amides is 1. The van der Waals surface area contributed by atoms with Crippen LogP contribution in [0.15, 0.2) is 18.2 Å². The zero-order chi connectivity index (χ0) is 16.3. The summed E-state index contributed by atoms with van der Waals surface area (Å²) in [5.41, 5.74) is 2.12. The number of nitrogens with one attached hydrogen (secondary N) is 1. The Balaban J connectivity index is 2.12. The SMILES string of the molecule is C[Si](C)(C)CCOCC1C(=O)Nc2cccc(C(=O)CBr)c21. The molecule has 0 bridgehead atoms. The molecule has 1 aliphatic heterocycles. The van der Waals surface area contributed by atoms with Crippen molar-refractivity contribution in [2.75, 3.05) is 23.9 Å². The Morgan fingerprint density at radius 3 is 2.73 bits per heavy atom. The molecule has 6 heteroatoms. The van der Waals surface area contributed by atoms with Gasteiger partial charge in [0.1, 0.15) is 0 Å². The molecule has 1 aromatic carbocycles. The van der Waals surface area contributed by atoms with E-state index in [9.17, 15) is 9.59 Å². The van der Waals surface area contributed by atoms with Crippen LogP contribution in [0.3, 0.4) is 0 Å². The lowest BCUT2D eigenvalue weighted by Gasteiger charge is -2.17. The quantitative estimate of drug-likeness (QED) is 0.338. The number of hydrogen-bond acceptors (Lipinski definition) is 3. The van der Waals surface area contributed by atoms with Crippen LogP contribution in [0.4, 0.5) is 5.69 Å². The molecule has 0 fully saturated rings. The van der Waals surface area contributed by atoms with Crippen LogP contribution in [-0.2, 0) is 9.53 Å². The van der Waals surface area contributed by atoms with Crippen molar-refractivity contribution in [3.05, 3.63) is 29.3 Å². The van der Waals surface area contributed by atoms with E-state index in [1.165, 1.54) is 0 Å². The summed E-state index contributed by atoms with van der Waals surface area (Å²) in [4.78, 5) is 24.2. The van der Waals surface area contributed by atoms with E-state index in [1.807, 2.05) is 6.07 Å². The van der Waals surface area contributed by atoms with E-state index in [0.29, 0.717) is 18.8 Å². The van der Waals surface area contributed by atoms with Gasteiger partial charge in [-0.15, -0.1) is 0 Å². The molecule has 0 radical (unpaired) electrons. The predicted molar refractivity (Wildman–Crippen MR) is 94.9 cm³/mol. The highest BCUT2D eigenvalue weighted by molar-refractivity contribution is 9.09. The third-order valence-electron chi connectivity index (χ3n) is 3.73. The Hall–Kier alpha value is -0.983. The molecule has 0 saturated heterocycles. The lowest BCUT2D eigenvalue weighted by molar-refractivity contribution is -0.118. The molecule has 0 aromatic heterocycles. The van der Waals surface area contributed by atoms with E-state index in [0.717, 1.165) is 17.3 Å². The van der Waals surface area contributed by atoms with Gasteiger partial charge in [-0.05, 0) is 12.1 Å². The van der Waals surface area contributed by atoms with Crippen molar-refractivity contribution in [1.82, 2.24) is 0 Å². The molecule has 1 heterocycles. The Labute approximate surface area is 140 Å². The van der Waals surface area contributed by atoms with E-state index in [1.54, 1.807) is 12.1 Å². The first-order valence-electron chi connectivity index (χ1n) is 7.44. The predicted octanol–water partition coefficient (Wildman–Crippen LogP) is 3.65. The molecule has 0 saturated carbocycles. The van der Waals surface area contributed by atoms with Gasteiger partial charge < -0.3 is 10.1 Å². The zero-order valence-electron chi connectivity index (χ0n) is 13.2. The van der Waals surface area contributed by atoms with Gasteiger partial charge in [0.25, 0.3) is 0 Å². The Morgan fingerprint density at radius 2 is 2.09 bits per heavy atom. The standard InChI is InChI=1S/C16H22BrNO3Si/c1-22(2,3)8-7-21-10-12-15-11(14(19)9-17)5-4-6-13(15)18-16(12)20/h4-6,12H,7-10H2,1-3H3,(H,18,20). The number of benzene rings is 1. The van der Waals surface area contributed by atoms with Crippen LogP contribution in [0, 0.1) is 0 Å². The second-order valence-corrected chi connectivity index (χ2v) is 12.9. The van der Waals surface area contributed by atoms with E-state index in [4.69, 9.17) is 4.74 Å². The molecule has 0 aliphatic carbocycles. The molecule has 1 N–H and O–H groups in total. The number of carbonyl (C=O) groups excluding carboxylic acids is 2. The lowest BCUT2D eigenvalue weighted by Crippen LogP contribution is -2.24. The maximum atomic E-state index is 12.2. The first kappa shape index (κ1) is 17.4. The minimum atomic E-state index is -1.14. The monoisotopic (exact) mass is 383 g/mol. The molecule has 0 spiro atoms. The molecule has 120 valence electrons. The summed E-state index contributed by atoms with van der Waals surface area (Å²) in [6, 6.07) is 6.47. The van der Waals surface area contributed by atoms with Crippen molar-refractivity contribution >= 4 is 41.4 Å². The van der Waals surface area contributed by atoms with E-state index in [2.05, 4.69) is 40.9 Å². The van der Waals surface area contributed by atoms with E-state index in [-0.39, 0.29) is 17.0 Å². The number of Topliss-reactive ketones (excluding diaryl/α,β-unsaturated/α-hetero) is 1. The highest BCUT2D eigenvalue weighted by Gasteiger charge is 2.34. The number of halogens is 1. The molecule has 1 aliphatic rings. The fourth-order valence-corrected chi connectivity index (χ4v) is 3.51. The van der Waals surface area contributed by atoms with E-state index < -0.39 is 14.0 Å². The molecular formula is C16H22BrNO3Si. The summed E-state index contributed by atoms with van der Waals surface area (Å²) < 4.78 is 5.74. The topological polar surface area (TPSA) is 55.4 Å². The van der Waals surface area contributed by atoms with Gasteiger partial charge in [0.2, 0.25) is 5.91 Å². The number of hydrogen-bond donors (Lipinski definition) is 1. The first-order valence-corrected chi connectivity index (χ1v) is 12.3. The fourth-order valence-electron chi connectivity index (χ4n) is 2.45. The molecule has 22 heavy (non-hydrogen) atoms. The molecule has 4 nitrogen and oxygen atoms in total. The van der Waals surface area contributed by atoms with Crippen molar-refractivity contribution in [3.63, 3.8) is 0 Å².